The Labute approximate surface area is 126 Å². The molecule has 1 aromatic heterocycles. The smallest absolute Gasteiger partial charge is 0.323 e. The van der Waals surface area contributed by atoms with Gasteiger partial charge in [0.2, 0.25) is 5.13 Å². The third-order valence-corrected chi connectivity index (χ3v) is 4.33. The van der Waals surface area contributed by atoms with E-state index in [9.17, 15) is 9.90 Å². The minimum Gasteiger partial charge on any atom is -0.508 e. The van der Waals surface area contributed by atoms with Gasteiger partial charge in [-0.2, -0.15) is 0 Å². The number of carbonyl (C=O) groups is 1. The highest BCUT2D eigenvalue weighted by Gasteiger charge is 2.27. The van der Waals surface area contributed by atoms with E-state index in [4.69, 9.17) is 0 Å². The first kappa shape index (κ1) is 13.8. The molecule has 0 aliphatic heterocycles. The average molecular weight is 304 g/mol. The Morgan fingerprint density at radius 3 is 2.90 bits per heavy atom. The molecule has 0 spiro atoms. The lowest BCUT2D eigenvalue weighted by atomic mass is 10.2. The zero-order valence-electron chi connectivity index (χ0n) is 11.6. The van der Waals surface area contributed by atoms with Crippen molar-refractivity contribution in [1.82, 2.24) is 15.1 Å². The summed E-state index contributed by atoms with van der Waals surface area (Å²) in [7, 11) is 1.67. The van der Waals surface area contributed by atoms with Crippen molar-refractivity contribution in [2.45, 2.75) is 25.3 Å². The molecule has 1 aliphatic carbocycles. The highest BCUT2D eigenvalue weighted by Crippen LogP contribution is 2.42. The molecule has 2 aromatic rings. The summed E-state index contributed by atoms with van der Waals surface area (Å²) in [6.07, 6.45) is 2.32. The molecule has 3 rings (SSSR count). The van der Waals surface area contributed by atoms with Gasteiger partial charge >= 0.3 is 6.03 Å². The van der Waals surface area contributed by atoms with Crippen molar-refractivity contribution in [3.8, 4) is 5.75 Å². The zero-order valence-corrected chi connectivity index (χ0v) is 12.4. The Bertz CT molecular complexity index is 654. The molecule has 1 heterocycles. The molecule has 110 valence electrons. The first-order valence-corrected chi connectivity index (χ1v) is 7.57. The van der Waals surface area contributed by atoms with Crippen molar-refractivity contribution in [2.75, 3.05) is 12.4 Å². The molecule has 0 bridgehead atoms. The molecule has 0 radical (unpaired) electrons. The van der Waals surface area contributed by atoms with Crippen LogP contribution >= 0.6 is 11.3 Å². The average Bonchev–Trinajstić information content (AvgIpc) is 3.22. The highest BCUT2D eigenvalue weighted by atomic mass is 32.1. The van der Waals surface area contributed by atoms with Crippen molar-refractivity contribution in [3.63, 3.8) is 0 Å². The van der Waals surface area contributed by atoms with Gasteiger partial charge in [0.05, 0.1) is 6.54 Å². The highest BCUT2D eigenvalue weighted by molar-refractivity contribution is 7.15. The van der Waals surface area contributed by atoms with Gasteiger partial charge in [0, 0.05) is 18.5 Å². The maximum Gasteiger partial charge on any atom is 0.323 e. The van der Waals surface area contributed by atoms with Crippen LogP contribution in [0, 0.1) is 0 Å². The fourth-order valence-corrected chi connectivity index (χ4v) is 2.84. The molecule has 1 aromatic carbocycles. The molecule has 2 amide bonds. The topological polar surface area (TPSA) is 78.4 Å². The maximum absolute atomic E-state index is 12.1. The van der Waals surface area contributed by atoms with Crippen LogP contribution in [0.2, 0.25) is 0 Å². The van der Waals surface area contributed by atoms with Gasteiger partial charge in [-0.1, -0.05) is 29.5 Å². The number of anilines is 1. The summed E-state index contributed by atoms with van der Waals surface area (Å²) in [6, 6.07) is 6.70. The lowest BCUT2D eigenvalue weighted by Gasteiger charge is -2.17. The van der Waals surface area contributed by atoms with Crippen LogP contribution in [0.15, 0.2) is 24.3 Å². The molecule has 0 unspecified atom stereocenters. The van der Waals surface area contributed by atoms with Crippen molar-refractivity contribution in [1.29, 1.82) is 0 Å². The van der Waals surface area contributed by atoms with Gasteiger partial charge < -0.3 is 10.0 Å². The summed E-state index contributed by atoms with van der Waals surface area (Å²) in [5.41, 5.74) is 0.700. The summed E-state index contributed by atoms with van der Waals surface area (Å²) in [4.78, 5) is 13.6. The van der Waals surface area contributed by atoms with Gasteiger partial charge in [0.15, 0.2) is 0 Å². The van der Waals surface area contributed by atoms with Crippen LogP contribution in [0.1, 0.15) is 29.3 Å². The van der Waals surface area contributed by atoms with E-state index < -0.39 is 0 Å². The van der Waals surface area contributed by atoms with E-state index in [0.717, 1.165) is 17.8 Å². The number of phenolic OH excluding ortho intramolecular Hbond substituents is 1. The van der Waals surface area contributed by atoms with Crippen LogP contribution in [0.5, 0.6) is 5.75 Å². The van der Waals surface area contributed by atoms with Gasteiger partial charge in [-0.25, -0.2) is 4.79 Å². The third-order valence-electron chi connectivity index (χ3n) is 3.33. The van der Waals surface area contributed by atoms with Crippen LogP contribution in [-0.2, 0) is 6.54 Å². The summed E-state index contributed by atoms with van der Waals surface area (Å²) in [5, 5.41) is 22.0. The van der Waals surface area contributed by atoms with E-state index >= 15 is 0 Å². The van der Waals surface area contributed by atoms with E-state index in [2.05, 4.69) is 15.5 Å². The number of nitrogens with one attached hydrogen (secondary N) is 1. The number of nitrogens with zero attached hydrogens (tertiary/aromatic N) is 3. The molecule has 1 aliphatic rings. The van der Waals surface area contributed by atoms with Gasteiger partial charge in [0.1, 0.15) is 10.8 Å². The lowest BCUT2D eigenvalue weighted by molar-refractivity contribution is 0.220. The molecule has 0 saturated heterocycles. The molecule has 6 nitrogen and oxygen atoms in total. The number of urea groups is 1. The minimum absolute atomic E-state index is 0.184. The number of para-hydroxylation sites is 1. The summed E-state index contributed by atoms with van der Waals surface area (Å²) in [6.45, 7) is 0.326. The predicted molar refractivity (Wildman–Crippen MR) is 80.5 cm³/mol. The number of aromatic nitrogens is 2. The fraction of sp³-hybridized carbons (Fsp3) is 0.357. The monoisotopic (exact) mass is 304 g/mol. The van der Waals surface area contributed by atoms with Crippen LogP contribution in [0.25, 0.3) is 0 Å². The second-order valence-corrected chi connectivity index (χ2v) is 6.14. The van der Waals surface area contributed by atoms with E-state index in [1.165, 1.54) is 16.2 Å². The normalized spacial score (nSPS) is 14.0. The second kappa shape index (κ2) is 5.69. The maximum atomic E-state index is 12.1. The Hall–Kier alpha value is -2.15. The van der Waals surface area contributed by atoms with Gasteiger partial charge in [-0.05, 0) is 18.9 Å². The Kier molecular flexibility index (Phi) is 3.74. The zero-order chi connectivity index (χ0) is 14.8. The first-order chi connectivity index (χ1) is 10.1. The lowest BCUT2D eigenvalue weighted by Crippen LogP contribution is -2.30. The van der Waals surface area contributed by atoms with Crippen molar-refractivity contribution >= 4 is 22.5 Å². The number of aromatic hydroxyl groups is 1. The molecular formula is C14H16N4O2S. The predicted octanol–water partition coefficient (Wildman–Crippen LogP) is 2.79. The Balaban J connectivity index is 1.60. The number of carbonyl (C=O) groups excluding carboxylic acids is 1. The number of hydrogen-bond acceptors (Lipinski definition) is 5. The molecule has 2 N–H and O–H groups in total. The van der Waals surface area contributed by atoms with Crippen molar-refractivity contribution < 1.29 is 9.90 Å². The van der Waals surface area contributed by atoms with Gasteiger partial charge in [-0.3, -0.25) is 5.32 Å². The van der Waals surface area contributed by atoms with E-state index in [0.29, 0.717) is 23.2 Å². The SMILES string of the molecule is CN(Cc1ccccc1O)C(=O)Nc1nnc(C2CC2)s1. The molecule has 1 fully saturated rings. The van der Waals surface area contributed by atoms with Crippen molar-refractivity contribution in [3.05, 3.63) is 34.8 Å². The van der Waals surface area contributed by atoms with Crippen LogP contribution < -0.4 is 5.32 Å². The van der Waals surface area contributed by atoms with Crippen LogP contribution in [0.3, 0.4) is 0 Å². The molecule has 0 atom stereocenters. The first-order valence-electron chi connectivity index (χ1n) is 6.76. The largest absolute Gasteiger partial charge is 0.508 e. The second-order valence-electron chi connectivity index (χ2n) is 5.13. The summed E-state index contributed by atoms with van der Waals surface area (Å²) >= 11 is 1.43. The number of hydrogen-bond donors (Lipinski definition) is 2. The Morgan fingerprint density at radius 1 is 1.43 bits per heavy atom. The minimum atomic E-state index is -0.267. The number of benzene rings is 1. The number of phenols is 1. The Morgan fingerprint density at radius 2 is 2.19 bits per heavy atom. The van der Waals surface area contributed by atoms with E-state index in [-0.39, 0.29) is 11.8 Å². The van der Waals surface area contributed by atoms with Gasteiger partial charge in [0.25, 0.3) is 0 Å². The molecule has 21 heavy (non-hydrogen) atoms. The molecule has 1 saturated carbocycles. The van der Waals surface area contributed by atoms with E-state index in [1.54, 1.807) is 25.2 Å². The summed E-state index contributed by atoms with van der Waals surface area (Å²) in [5.74, 6) is 0.719. The van der Waals surface area contributed by atoms with Gasteiger partial charge in [-0.15, -0.1) is 10.2 Å². The third kappa shape index (κ3) is 3.30. The molecule has 7 heteroatoms. The van der Waals surface area contributed by atoms with Crippen molar-refractivity contribution in [2.24, 2.45) is 0 Å². The van der Waals surface area contributed by atoms with Crippen LogP contribution in [-0.4, -0.2) is 33.3 Å². The molecular weight excluding hydrogens is 288 g/mol. The van der Waals surface area contributed by atoms with Crippen LogP contribution in [0.4, 0.5) is 9.93 Å². The quantitative estimate of drug-likeness (QED) is 0.910. The fourth-order valence-electron chi connectivity index (χ4n) is 1.94. The summed E-state index contributed by atoms with van der Waals surface area (Å²) < 4.78 is 0. The van der Waals surface area contributed by atoms with E-state index in [1.807, 2.05) is 6.07 Å². The standard InChI is InChI=1S/C14H16N4O2S/c1-18(8-10-4-2-3-5-11(10)19)14(20)15-13-17-16-12(21-13)9-6-7-9/h2-5,9,19H,6-8H2,1H3,(H,15,17,20). The number of rotatable bonds is 4. The number of amides is 2.